The Morgan fingerprint density at radius 1 is 1.18 bits per heavy atom. The molecule has 2 heterocycles. The third kappa shape index (κ3) is 5.45. The molecule has 2 atom stereocenters. The molecule has 178 valence electrons. The van der Waals surface area contributed by atoms with Gasteiger partial charge in [-0.15, -0.1) is 0 Å². The minimum absolute atomic E-state index is 0.0328. The molecule has 34 heavy (non-hydrogen) atoms. The number of nitriles is 1. The summed E-state index contributed by atoms with van der Waals surface area (Å²) in [5, 5.41) is 27.0. The number of hydrazone groups is 1. The number of nitrogens with zero attached hydrogens (tertiary/aromatic N) is 4. The van der Waals surface area contributed by atoms with E-state index in [0.717, 1.165) is 29.8 Å². The lowest BCUT2D eigenvalue weighted by atomic mass is 10.0. The van der Waals surface area contributed by atoms with Crippen molar-refractivity contribution in [3.8, 4) is 6.19 Å². The van der Waals surface area contributed by atoms with Crippen molar-refractivity contribution in [1.82, 2.24) is 25.9 Å². The third-order valence-electron chi connectivity index (χ3n) is 6.14. The van der Waals surface area contributed by atoms with Crippen molar-refractivity contribution in [3.05, 3.63) is 69.7 Å². The van der Waals surface area contributed by atoms with Crippen LogP contribution in [0.2, 0.25) is 10.0 Å². The third-order valence-corrected chi connectivity index (χ3v) is 6.65. The summed E-state index contributed by atoms with van der Waals surface area (Å²) < 4.78 is 0. The van der Waals surface area contributed by atoms with Crippen LogP contribution in [-0.4, -0.2) is 66.1 Å². The van der Waals surface area contributed by atoms with E-state index in [1.807, 2.05) is 65.4 Å². The molecule has 2 aliphatic rings. The summed E-state index contributed by atoms with van der Waals surface area (Å²) >= 11 is 12.1. The fourth-order valence-corrected chi connectivity index (χ4v) is 4.50. The number of halogens is 2. The SMILES string of the molecule is CC(NC#N)(NCCc1ccc(Cl)cc1)N1CC(N2CCNCC2=O)C(c2ccc(Cl)cc2)=N1. The van der Waals surface area contributed by atoms with E-state index in [1.54, 1.807) is 0 Å². The smallest absolute Gasteiger partial charge is 0.237 e. The molecule has 2 aliphatic heterocycles. The highest BCUT2D eigenvalue weighted by Crippen LogP contribution is 2.25. The van der Waals surface area contributed by atoms with Gasteiger partial charge >= 0.3 is 0 Å². The first-order valence-corrected chi connectivity index (χ1v) is 11.9. The molecule has 3 N–H and O–H groups in total. The molecule has 2 aromatic carbocycles. The minimum atomic E-state index is -0.940. The molecule has 8 nitrogen and oxygen atoms in total. The molecule has 4 rings (SSSR count). The van der Waals surface area contributed by atoms with Gasteiger partial charge in [0.05, 0.1) is 24.8 Å². The van der Waals surface area contributed by atoms with Gasteiger partial charge in [0.25, 0.3) is 0 Å². The van der Waals surface area contributed by atoms with Crippen LogP contribution in [0.1, 0.15) is 18.1 Å². The van der Waals surface area contributed by atoms with Gasteiger partial charge in [-0.05, 0) is 43.2 Å². The largest absolute Gasteiger partial charge is 0.330 e. The molecule has 2 unspecified atom stereocenters. The van der Waals surface area contributed by atoms with Crippen molar-refractivity contribution in [3.63, 3.8) is 0 Å². The zero-order chi connectivity index (χ0) is 24.1. The molecule has 0 radical (unpaired) electrons. The first kappa shape index (κ1) is 24.3. The number of piperazine rings is 1. The summed E-state index contributed by atoms with van der Waals surface area (Å²) in [5.41, 5.74) is 2.80. The second kappa shape index (κ2) is 10.6. The Bertz CT molecular complexity index is 1080. The lowest BCUT2D eigenvalue weighted by Gasteiger charge is -2.39. The topological polar surface area (TPSA) is 95.8 Å². The van der Waals surface area contributed by atoms with Crippen LogP contribution in [0.25, 0.3) is 0 Å². The summed E-state index contributed by atoms with van der Waals surface area (Å²) in [5.74, 6) is -0.907. The lowest BCUT2D eigenvalue weighted by molar-refractivity contribution is -0.133. The highest BCUT2D eigenvalue weighted by molar-refractivity contribution is 6.31. The lowest BCUT2D eigenvalue weighted by Crippen LogP contribution is -2.64. The number of carbonyl (C=O) groups excluding carboxylic acids is 1. The Morgan fingerprint density at radius 2 is 1.85 bits per heavy atom. The molecular formula is C24H27Cl2N7O. The van der Waals surface area contributed by atoms with Gasteiger partial charge in [0.15, 0.2) is 12.0 Å². The molecule has 10 heteroatoms. The van der Waals surface area contributed by atoms with Crippen LogP contribution in [0.5, 0.6) is 0 Å². The van der Waals surface area contributed by atoms with E-state index < -0.39 is 5.79 Å². The summed E-state index contributed by atoms with van der Waals surface area (Å²) in [4.78, 5) is 14.6. The summed E-state index contributed by atoms with van der Waals surface area (Å²) in [6.07, 6.45) is 2.81. The monoisotopic (exact) mass is 499 g/mol. The van der Waals surface area contributed by atoms with Crippen LogP contribution in [0, 0.1) is 11.5 Å². The molecular weight excluding hydrogens is 473 g/mol. The van der Waals surface area contributed by atoms with E-state index in [9.17, 15) is 10.1 Å². The van der Waals surface area contributed by atoms with Crippen LogP contribution < -0.4 is 16.0 Å². The molecule has 1 amide bonds. The number of hydrogen-bond donors (Lipinski definition) is 3. The van der Waals surface area contributed by atoms with Crippen molar-refractivity contribution in [2.45, 2.75) is 25.2 Å². The molecule has 0 aliphatic carbocycles. The molecule has 0 bridgehead atoms. The average Bonchev–Trinajstić information content (AvgIpc) is 3.27. The molecule has 0 aromatic heterocycles. The Kier molecular flexibility index (Phi) is 7.59. The standard InChI is InChI=1S/C24H27Cl2N7O/c1-24(30-16-27,29-11-10-17-2-6-19(25)7-3-17)33-15-21(32-13-12-28-14-22(32)34)23(31-33)18-4-8-20(26)9-5-18/h2-9,21,28-30H,10-15H2,1H3. The van der Waals surface area contributed by atoms with Crippen LogP contribution in [0.3, 0.4) is 0 Å². The van der Waals surface area contributed by atoms with Crippen molar-refractivity contribution in [1.29, 1.82) is 5.26 Å². The van der Waals surface area contributed by atoms with Gasteiger partial charge in [-0.3, -0.25) is 20.4 Å². The summed E-state index contributed by atoms with van der Waals surface area (Å²) in [6.45, 7) is 4.55. The molecule has 1 fully saturated rings. The minimum Gasteiger partial charge on any atom is -0.330 e. The van der Waals surface area contributed by atoms with Gasteiger partial charge in [0.1, 0.15) is 0 Å². The molecule has 0 spiro atoms. The predicted molar refractivity (Wildman–Crippen MR) is 133 cm³/mol. The van der Waals surface area contributed by atoms with E-state index in [1.165, 1.54) is 0 Å². The van der Waals surface area contributed by atoms with Gasteiger partial charge < -0.3 is 10.2 Å². The van der Waals surface area contributed by atoms with Gasteiger partial charge in [-0.2, -0.15) is 10.4 Å². The Morgan fingerprint density at radius 3 is 2.50 bits per heavy atom. The Balaban J connectivity index is 1.57. The number of amides is 1. The maximum Gasteiger partial charge on any atom is 0.237 e. The van der Waals surface area contributed by atoms with Gasteiger partial charge in [0.2, 0.25) is 5.91 Å². The number of benzene rings is 2. The predicted octanol–water partition coefficient (Wildman–Crippen LogP) is 2.39. The zero-order valence-electron chi connectivity index (χ0n) is 18.9. The summed E-state index contributed by atoms with van der Waals surface area (Å²) in [6, 6.07) is 14.9. The highest BCUT2D eigenvalue weighted by atomic mass is 35.5. The van der Waals surface area contributed by atoms with E-state index >= 15 is 0 Å². The number of rotatable bonds is 8. The maximum atomic E-state index is 12.7. The van der Waals surface area contributed by atoms with Crippen LogP contribution in [-0.2, 0) is 11.2 Å². The van der Waals surface area contributed by atoms with E-state index in [2.05, 4.69) is 22.1 Å². The fourth-order valence-electron chi connectivity index (χ4n) is 4.25. The van der Waals surface area contributed by atoms with Crippen LogP contribution in [0.4, 0.5) is 0 Å². The van der Waals surface area contributed by atoms with Gasteiger partial charge in [-0.25, -0.2) is 0 Å². The molecule has 0 saturated carbocycles. The number of carbonyl (C=O) groups is 1. The maximum absolute atomic E-state index is 12.7. The number of hydrogen-bond acceptors (Lipinski definition) is 7. The second-order valence-corrected chi connectivity index (χ2v) is 9.34. The first-order chi connectivity index (χ1) is 16.4. The highest BCUT2D eigenvalue weighted by Gasteiger charge is 2.42. The van der Waals surface area contributed by atoms with E-state index in [0.29, 0.717) is 36.2 Å². The van der Waals surface area contributed by atoms with Crippen LogP contribution in [0.15, 0.2) is 53.6 Å². The van der Waals surface area contributed by atoms with Crippen molar-refractivity contribution < 1.29 is 4.79 Å². The number of nitrogens with one attached hydrogen (secondary N) is 3. The molecule has 2 aromatic rings. The first-order valence-electron chi connectivity index (χ1n) is 11.2. The second-order valence-electron chi connectivity index (χ2n) is 8.47. The molecule has 1 saturated heterocycles. The fraction of sp³-hybridized carbons (Fsp3) is 0.375. The van der Waals surface area contributed by atoms with E-state index in [-0.39, 0.29) is 11.9 Å². The van der Waals surface area contributed by atoms with Gasteiger partial charge in [-0.1, -0.05) is 47.5 Å². The quantitative estimate of drug-likeness (QED) is 0.293. The Hall–Kier alpha value is -2.83. The average molecular weight is 500 g/mol. The van der Waals surface area contributed by atoms with Crippen molar-refractivity contribution in [2.75, 3.05) is 32.7 Å². The van der Waals surface area contributed by atoms with Gasteiger partial charge in [0, 0.05) is 35.2 Å². The van der Waals surface area contributed by atoms with Crippen molar-refractivity contribution >= 4 is 34.8 Å². The zero-order valence-corrected chi connectivity index (χ0v) is 20.4. The Labute approximate surface area is 209 Å². The van der Waals surface area contributed by atoms with Crippen molar-refractivity contribution in [2.24, 2.45) is 5.10 Å². The normalized spacial score (nSPS) is 20.0. The van der Waals surface area contributed by atoms with Crippen LogP contribution >= 0.6 is 23.2 Å². The summed E-state index contributed by atoms with van der Waals surface area (Å²) in [7, 11) is 0. The van der Waals surface area contributed by atoms with E-state index in [4.69, 9.17) is 28.3 Å².